The maximum absolute atomic E-state index is 12.5. The normalized spacial score (nSPS) is 27.0. The third kappa shape index (κ3) is 2.44. The predicted octanol–water partition coefficient (Wildman–Crippen LogP) is 2.25. The van der Waals surface area contributed by atoms with Crippen LogP contribution in [0.25, 0.3) is 10.8 Å². The lowest BCUT2D eigenvalue weighted by atomic mass is 9.96. The van der Waals surface area contributed by atoms with Crippen molar-refractivity contribution in [3.8, 4) is 0 Å². The number of piperidine rings is 1. The minimum absolute atomic E-state index is 0.0248. The fourth-order valence-electron chi connectivity index (χ4n) is 3.88. The summed E-state index contributed by atoms with van der Waals surface area (Å²) in [7, 11) is 0. The lowest BCUT2D eigenvalue weighted by Crippen LogP contribution is -2.47. The van der Waals surface area contributed by atoms with Crippen LogP contribution in [-0.2, 0) is 0 Å². The Morgan fingerprint density at radius 1 is 1.23 bits per heavy atom. The number of carbonyl (C=O) groups excluding carboxylic acids is 1. The Bertz CT molecular complexity index is 715. The first-order valence-corrected chi connectivity index (χ1v) is 8.00. The average Bonchev–Trinajstić information content (AvgIpc) is 2.86. The van der Waals surface area contributed by atoms with Gasteiger partial charge in [0.1, 0.15) is 0 Å². The topological polar surface area (TPSA) is 58.4 Å². The molecule has 2 saturated heterocycles. The number of benzene rings is 2. The van der Waals surface area contributed by atoms with E-state index in [4.69, 9.17) is 5.73 Å². The fourth-order valence-corrected chi connectivity index (χ4v) is 3.88. The average molecular weight is 295 g/mol. The van der Waals surface area contributed by atoms with Crippen molar-refractivity contribution >= 4 is 22.4 Å². The van der Waals surface area contributed by atoms with Gasteiger partial charge in [0.05, 0.1) is 0 Å². The molecule has 2 aromatic rings. The molecule has 2 aromatic carbocycles. The minimum atomic E-state index is 0.0248. The summed E-state index contributed by atoms with van der Waals surface area (Å²) in [4.78, 5) is 15.0. The summed E-state index contributed by atoms with van der Waals surface area (Å²) in [5.41, 5.74) is 7.43. The molecule has 2 heterocycles. The molecule has 0 aromatic heterocycles. The van der Waals surface area contributed by atoms with Gasteiger partial charge in [-0.05, 0) is 48.9 Å². The van der Waals surface area contributed by atoms with Crippen LogP contribution in [0.15, 0.2) is 36.4 Å². The van der Waals surface area contributed by atoms with Gasteiger partial charge in [0, 0.05) is 35.8 Å². The zero-order valence-electron chi connectivity index (χ0n) is 12.6. The van der Waals surface area contributed by atoms with Crippen molar-refractivity contribution in [3.63, 3.8) is 0 Å². The molecule has 1 amide bonds. The van der Waals surface area contributed by atoms with E-state index in [1.54, 1.807) is 0 Å². The highest BCUT2D eigenvalue weighted by molar-refractivity contribution is 6.01. The molecule has 0 spiro atoms. The smallest absolute Gasteiger partial charge is 0.251 e. The van der Waals surface area contributed by atoms with Gasteiger partial charge in [-0.2, -0.15) is 0 Å². The Morgan fingerprint density at radius 3 is 3.00 bits per heavy atom. The number of nitrogen functional groups attached to an aromatic ring is 1. The molecule has 2 aliphatic heterocycles. The van der Waals surface area contributed by atoms with Crippen molar-refractivity contribution in [1.82, 2.24) is 10.2 Å². The highest BCUT2D eigenvalue weighted by atomic mass is 16.1. The molecule has 2 fully saturated rings. The number of rotatable bonds is 2. The highest BCUT2D eigenvalue weighted by Crippen LogP contribution is 2.27. The third-order valence-corrected chi connectivity index (χ3v) is 4.98. The van der Waals surface area contributed by atoms with Crippen LogP contribution in [0, 0.1) is 5.92 Å². The van der Waals surface area contributed by atoms with Gasteiger partial charge in [-0.1, -0.05) is 18.2 Å². The lowest BCUT2D eigenvalue weighted by molar-refractivity contribution is 0.0909. The Morgan fingerprint density at radius 2 is 2.14 bits per heavy atom. The molecule has 22 heavy (non-hydrogen) atoms. The van der Waals surface area contributed by atoms with Gasteiger partial charge in [-0.15, -0.1) is 0 Å². The molecule has 4 nitrogen and oxygen atoms in total. The monoisotopic (exact) mass is 295 g/mol. The quantitative estimate of drug-likeness (QED) is 0.835. The van der Waals surface area contributed by atoms with E-state index in [2.05, 4.69) is 10.2 Å². The first-order chi connectivity index (χ1) is 10.7. The van der Waals surface area contributed by atoms with Gasteiger partial charge in [-0.25, -0.2) is 0 Å². The standard InChI is InChI=1S/C18H21N3O/c19-17-3-1-2-13-9-14(4-5-16(13)17)18(22)20-15-8-12-6-7-21(10-12)11-15/h1-5,9,12,15H,6-8,10-11,19H2,(H,20,22)/t12-,15+/m0/s1. The molecular weight excluding hydrogens is 274 g/mol. The summed E-state index contributed by atoms with van der Waals surface area (Å²) < 4.78 is 0. The van der Waals surface area contributed by atoms with E-state index in [0.717, 1.165) is 35.3 Å². The molecule has 4 rings (SSSR count). The molecule has 0 aliphatic carbocycles. The second-order valence-electron chi connectivity index (χ2n) is 6.60. The molecule has 114 valence electrons. The second kappa shape index (κ2) is 5.29. The number of nitrogens with one attached hydrogen (secondary N) is 1. The van der Waals surface area contributed by atoms with E-state index in [0.29, 0.717) is 5.56 Å². The van der Waals surface area contributed by atoms with Crippen molar-refractivity contribution in [2.24, 2.45) is 5.92 Å². The number of nitrogens with zero attached hydrogens (tertiary/aromatic N) is 1. The number of anilines is 1. The van der Waals surface area contributed by atoms with E-state index in [1.165, 1.54) is 19.5 Å². The van der Waals surface area contributed by atoms with E-state index in [1.807, 2.05) is 36.4 Å². The summed E-state index contributed by atoms with van der Waals surface area (Å²) in [5, 5.41) is 5.22. The van der Waals surface area contributed by atoms with Gasteiger partial charge in [-0.3, -0.25) is 4.79 Å². The molecule has 2 bridgehead atoms. The summed E-state index contributed by atoms with van der Waals surface area (Å²) in [6, 6.07) is 11.8. The van der Waals surface area contributed by atoms with Crippen LogP contribution in [0.5, 0.6) is 0 Å². The Labute approximate surface area is 130 Å². The number of carbonyl (C=O) groups is 1. The molecule has 2 aliphatic rings. The van der Waals surface area contributed by atoms with Crippen LogP contribution >= 0.6 is 0 Å². The van der Waals surface area contributed by atoms with Crippen LogP contribution < -0.4 is 11.1 Å². The summed E-state index contributed by atoms with van der Waals surface area (Å²) in [6.07, 6.45) is 2.39. The van der Waals surface area contributed by atoms with Crippen LogP contribution in [0.3, 0.4) is 0 Å². The zero-order valence-corrected chi connectivity index (χ0v) is 12.6. The van der Waals surface area contributed by atoms with E-state index >= 15 is 0 Å². The maximum atomic E-state index is 12.5. The molecule has 1 unspecified atom stereocenters. The predicted molar refractivity (Wildman–Crippen MR) is 88.8 cm³/mol. The number of nitrogens with two attached hydrogens (primary N) is 1. The van der Waals surface area contributed by atoms with E-state index in [-0.39, 0.29) is 11.9 Å². The first-order valence-electron chi connectivity index (χ1n) is 8.00. The molecule has 0 radical (unpaired) electrons. The second-order valence-corrected chi connectivity index (χ2v) is 6.60. The fraction of sp³-hybridized carbons (Fsp3) is 0.389. The van der Waals surface area contributed by atoms with Crippen LogP contribution in [-0.4, -0.2) is 36.5 Å². The number of hydrogen-bond acceptors (Lipinski definition) is 3. The first kappa shape index (κ1) is 13.6. The van der Waals surface area contributed by atoms with Gasteiger partial charge < -0.3 is 16.0 Å². The number of hydrogen-bond donors (Lipinski definition) is 2. The van der Waals surface area contributed by atoms with Gasteiger partial charge in [0.15, 0.2) is 0 Å². The number of fused-ring (bicyclic) bond motifs is 3. The number of amides is 1. The molecule has 3 N–H and O–H groups in total. The molecular formula is C18H21N3O. The lowest BCUT2D eigenvalue weighted by Gasteiger charge is -2.30. The van der Waals surface area contributed by atoms with Crippen molar-refractivity contribution in [2.75, 3.05) is 25.4 Å². The summed E-state index contributed by atoms with van der Waals surface area (Å²) in [5.74, 6) is 0.785. The van der Waals surface area contributed by atoms with Crippen molar-refractivity contribution < 1.29 is 4.79 Å². The van der Waals surface area contributed by atoms with Gasteiger partial charge >= 0.3 is 0 Å². The molecule has 4 heteroatoms. The molecule has 0 saturated carbocycles. The minimum Gasteiger partial charge on any atom is -0.398 e. The van der Waals surface area contributed by atoms with Crippen LogP contribution in [0.2, 0.25) is 0 Å². The van der Waals surface area contributed by atoms with E-state index in [9.17, 15) is 4.79 Å². The maximum Gasteiger partial charge on any atom is 0.251 e. The van der Waals surface area contributed by atoms with Crippen molar-refractivity contribution in [3.05, 3.63) is 42.0 Å². The highest BCUT2D eigenvalue weighted by Gasteiger charge is 2.32. The van der Waals surface area contributed by atoms with Gasteiger partial charge in [0.25, 0.3) is 5.91 Å². The van der Waals surface area contributed by atoms with E-state index < -0.39 is 0 Å². The summed E-state index contributed by atoms with van der Waals surface area (Å²) >= 11 is 0. The summed E-state index contributed by atoms with van der Waals surface area (Å²) in [6.45, 7) is 3.39. The SMILES string of the molecule is Nc1cccc2cc(C(=O)N[C@@H]3C[C@@H]4CCN(C4)C3)ccc12. The molecule has 3 atom stereocenters. The Hall–Kier alpha value is -2.07. The van der Waals surface area contributed by atoms with Crippen LogP contribution in [0.1, 0.15) is 23.2 Å². The largest absolute Gasteiger partial charge is 0.398 e. The van der Waals surface area contributed by atoms with Crippen LogP contribution in [0.4, 0.5) is 5.69 Å². The zero-order chi connectivity index (χ0) is 15.1. The third-order valence-electron chi connectivity index (χ3n) is 4.98. The van der Waals surface area contributed by atoms with Crippen molar-refractivity contribution in [2.45, 2.75) is 18.9 Å². The van der Waals surface area contributed by atoms with Gasteiger partial charge in [0.2, 0.25) is 0 Å². The van der Waals surface area contributed by atoms with Crippen molar-refractivity contribution in [1.29, 1.82) is 0 Å². The Balaban J connectivity index is 1.53. The Kier molecular flexibility index (Phi) is 3.26.